The molecule has 0 amide bonds. The molecule has 5 aliphatic rings. The summed E-state index contributed by atoms with van der Waals surface area (Å²) in [6, 6.07) is 4.33. The smallest absolute Gasteiger partial charge is 0.482 e. The Bertz CT molecular complexity index is 1270. The van der Waals surface area contributed by atoms with Gasteiger partial charge >= 0.3 is 6.16 Å². The van der Waals surface area contributed by atoms with Crippen LogP contribution in [0.25, 0.3) is 0 Å². The Morgan fingerprint density at radius 2 is 1.84 bits per heavy atom. The van der Waals surface area contributed by atoms with E-state index < -0.39 is 22.8 Å². The Morgan fingerprint density at radius 1 is 1.11 bits per heavy atom. The zero-order valence-corrected chi connectivity index (χ0v) is 28.7. The first-order chi connectivity index (χ1) is 21.3. The zero-order valence-electron chi connectivity index (χ0n) is 28.7. The maximum atomic E-state index is 12.9. The molecule has 45 heavy (non-hydrogen) atoms. The number of carbonyl (C=O) groups excluding carboxylic acids is 1. The predicted octanol–water partition coefficient (Wildman–Crippen LogP) is 5.52. The number of hydrogen-bond donors (Lipinski definition) is 1. The van der Waals surface area contributed by atoms with Gasteiger partial charge in [0, 0.05) is 43.7 Å². The van der Waals surface area contributed by atoms with E-state index in [1.54, 1.807) is 14.2 Å². The minimum atomic E-state index is -1.04. The highest BCUT2D eigenvalue weighted by atomic mass is 16.7. The first-order valence-electron chi connectivity index (χ1n) is 17.1. The van der Waals surface area contributed by atoms with E-state index in [0.717, 1.165) is 44.7 Å². The van der Waals surface area contributed by atoms with Crippen LogP contribution in [0.4, 0.5) is 4.79 Å². The molecule has 2 saturated carbocycles. The van der Waals surface area contributed by atoms with E-state index in [1.807, 2.05) is 13.0 Å². The highest BCUT2D eigenvalue weighted by Gasteiger charge is 2.78. The van der Waals surface area contributed by atoms with Gasteiger partial charge in [-0.3, -0.25) is 4.90 Å². The molecule has 3 aliphatic carbocycles. The molecule has 2 bridgehead atoms. The van der Waals surface area contributed by atoms with Gasteiger partial charge in [0.25, 0.3) is 0 Å². The van der Waals surface area contributed by atoms with Crippen LogP contribution < -0.4 is 9.47 Å². The molecule has 1 unspecified atom stereocenters. The van der Waals surface area contributed by atoms with Gasteiger partial charge in [0.2, 0.25) is 0 Å². The largest absolute Gasteiger partial charge is 0.514 e. The molecule has 1 saturated heterocycles. The summed E-state index contributed by atoms with van der Waals surface area (Å²) < 4.78 is 35.4. The molecule has 1 aromatic rings. The van der Waals surface area contributed by atoms with Crippen LogP contribution in [0.3, 0.4) is 0 Å². The monoisotopic (exact) mass is 629 g/mol. The van der Waals surface area contributed by atoms with Crippen LogP contribution in [0, 0.1) is 22.7 Å². The molecule has 0 aromatic heterocycles. The molecule has 1 N–H and O–H groups in total. The Hall–Kier alpha value is -1.91. The van der Waals surface area contributed by atoms with Crippen molar-refractivity contribution < 1.29 is 38.3 Å². The third-order valence-corrected chi connectivity index (χ3v) is 12.8. The summed E-state index contributed by atoms with van der Waals surface area (Å²) in [5, 5.41) is 12.5. The van der Waals surface area contributed by atoms with Crippen LogP contribution in [-0.4, -0.2) is 93.2 Å². The van der Waals surface area contributed by atoms with Crippen molar-refractivity contribution >= 4 is 6.16 Å². The van der Waals surface area contributed by atoms with Gasteiger partial charge in [-0.15, -0.1) is 0 Å². The standard InChI is InChI=1S/C36H55NO8/c1-9-35-21-26(34(6,39)32(2,3)4)33(5,41-8)30-36(35)14-15-37(22-23-10-11-23)27(35)20-24-12-13-25(29(45-30)28(24)36)44-31(38)43-19-18-42-17-16-40-7/h12-13,23,26-27,30,39H,9-11,14-22H2,1-8H3/t26-,27+,30-,33?,34-,35+,36-/m0/s1. The molecular formula is C36H55NO8. The van der Waals surface area contributed by atoms with Gasteiger partial charge in [0.1, 0.15) is 18.3 Å². The highest BCUT2D eigenvalue weighted by molar-refractivity contribution is 5.69. The van der Waals surface area contributed by atoms with Gasteiger partial charge < -0.3 is 33.5 Å². The van der Waals surface area contributed by atoms with Crippen molar-refractivity contribution in [2.75, 3.05) is 53.7 Å². The topological polar surface area (TPSA) is 95.9 Å². The molecule has 7 atom stereocenters. The lowest BCUT2D eigenvalue weighted by Gasteiger charge is -2.71. The van der Waals surface area contributed by atoms with Crippen LogP contribution in [0.2, 0.25) is 0 Å². The number of likely N-dealkylation sites (tertiary alicyclic amines) is 1. The van der Waals surface area contributed by atoms with E-state index in [2.05, 4.69) is 45.6 Å². The van der Waals surface area contributed by atoms with Crippen molar-refractivity contribution in [1.82, 2.24) is 4.90 Å². The number of piperidine rings is 1. The summed E-state index contributed by atoms with van der Waals surface area (Å²) in [6.45, 7) is 16.2. The molecule has 1 spiro atoms. The SMILES string of the molecule is CC[C@]12C[C@H]([C@](C)(O)C(C)(C)C)C(C)(OC)[C@@H]3Oc4c(OC(=O)OCCOCCOC)ccc5c4[C@@]31CCN(CC1CC1)[C@@H]2C5. The van der Waals surface area contributed by atoms with Gasteiger partial charge in [-0.2, -0.15) is 0 Å². The fourth-order valence-electron chi connectivity index (χ4n) is 9.78. The van der Waals surface area contributed by atoms with E-state index in [1.165, 1.54) is 24.0 Å². The van der Waals surface area contributed by atoms with E-state index >= 15 is 0 Å². The molecular weight excluding hydrogens is 574 g/mol. The van der Waals surface area contributed by atoms with E-state index in [9.17, 15) is 9.90 Å². The summed E-state index contributed by atoms with van der Waals surface area (Å²) in [7, 11) is 3.38. The average molecular weight is 630 g/mol. The molecule has 2 aliphatic heterocycles. The zero-order chi connectivity index (χ0) is 32.4. The van der Waals surface area contributed by atoms with Crippen LogP contribution >= 0.6 is 0 Å². The normalized spacial score (nSPS) is 34.9. The van der Waals surface area contributed by atoms with Crippen molar-refractivity contribution in [2.24, 2.45) is 22.7 Å². The lowest BCUT2D eigenvalue weighted by molar-refractivity contribution is -0.274. The van der Waals surface area contributed by atoms with E-state index in [4.69, 9.17) is 28.4 Å². The summed E-state index contributed by atoms with van der Waals surface area (Å²) in [4.78, 5) is 15.7. The fraction of sp³-hybridized carbons (Fsp3) is 0.806. The summed E-state index contributed by atoms with van der Waals surface area (Å²) in [6.07, 6.45) is 5.14. The van der Waals surface area contributed by atoms with Gasteiger partial charge in [0.15, 0.2) is 11.5 Å². The quantitative estimate of drug-likeness (QED) is 0.182. The van der Waals surface area contributed by atoms with Gasteiger partial charge in [0.05, 0.1) is 25.4 Å². The van der Waals surface area contributed by atoms with Crippen LogP contribution in [-0.2, 0) is 30.8 Å². The molecule has 9 heteroatoms. The number of benzene rings is 1. The Morgan fingerprint density at radius 3 is 2.49 bits per heavy atom. The number of nitrogens with zero attached hydrogens (tertiary/aromatic N) is 1. The predicted molar refractivity (Wildman–Crippen MR) is 170 cm³/mol. The van der Waals surface area contributed by atoms with Crippen molar-refractivity contribution in [1.29, 1.82) is 0 Å². The van der Waals surface area contributed by atoms with Crippen molar-refractivity contribution in [2.45, 2.75) is 109 Å². The third-order valence-electron chi connectivity index (χ3n) is 12.8. The Kier molecular flexibility index (Phi) is 8.55. The molecule has 1 aromatic carbocycles. The number of carbonyl (C=O) groups is 1. The lowest BCUT2D eigenvalue weighted by atomic mass is 9.37. The number of aliphatic hydroxyl groups is 1. The minimum absolute atomic E-state index is 0.0823. The fourth-order valence-corrected chi connectivity index (χ4v) is 9.78. The highest BCUT2D eigenvalue weighted by Crippen LogP contribution is 2.74. The Balaban J connectivity index is 1.42. The second kappa shape index (κ2) is 11.7. The van der Waals surface area contributed by atoms with Crippen molar-refractivity contribution in [3.05, 3.63) is 23.3 Å². The second-order valence-electron chi connectivity index (χ2n) is 15.7. The van der Waals surface area contributed by atoms with Gasteiger partial charge in [-0.1, -0.05) is 33.8 Å². The number of methoxy groups -OCH3 is 2. The van der Waals surface area contributed by atoms with Crippen molar-refractivity contribution in [3.8, 4) is 11.5 Å². The van der Waals surface area contributed by atoms with E-state index in [0.29, 0.717) is 30.8 Å². The molecule has 2 heterocycles. The molecule has 9 nitrogen and oxygen atoms in total. The maximum absolute atomic E-state index is 12.9. The van der Waals surface area contributed by atoms with Gasteiger partial charge in [-0.25, -0.2) is 4.79 Å². The van der Waals surface area contributed by atoms with Gasteiger partial charge in [-0.05, 0) is 87.3 Å². The van der Waals surface area contributed by atoms with Crippen LogP contribution in [0.5, 0.6) is 11.5 Å². The molecule has 0 radical (unpaired) electrons. The summed E-state index contributed by atoms with van der Waals surface area (Å²) in [5.41, 5.74) is -0.275. The summed E-state index contributed by atoms with van der Waals surface area (Å²) in [5.74, 6) is 1.61. The first-order valence-corrected chi connectivity index (χ1v) is 17.1. The Labute approximate surface area is 269 Å². The molecule has 252 valence electrons. The van der Waals surface area contributed by atoms with E-state index in [-0.39, 0.29) is 36.1 Å². The lowest BCUT2D eigenvalue weighted by Crippen LogP contribution is -2.79. The average Bonchev–Trinajstić information content (AvgIpc) is 3.74. The second-order valence-corrected chi connectivity index (χ2v) is 15.7. The van der Waals surface area contributed by atoms with Crippen molar-refractivity contribution in [3.63, 3.8) is 0 Å². The van der Waals surface area contributed by atoms with Crippen LogP contribution in [0.1, 0.15) is 84.8 Å². The number of rotatable bonds is 12. The number of hydrogen-bond acceptors (Lipinski definition) is 9. The number of ether oxygens (including phenoxy) is 6. The molecule has 6 rings (SSSR count). The minimum Gasteiger partial charge on any atom is -0.482 e. The van der Waals surface area contributed by atoms with Crippen LogP contribution in [0.15, 0.2) is 12.1 Å². The first kappa shape index (κ1) is 33.0. The summed E-state index contributed by atoms with van der Waals surface area (Å²) >= 11 is 0. The maximum Gasteiger partial charge on any atom is 0.514 e. The third kappa shape index (κ3) is 4.93. The molecule has 3 fully saturated rings.